The molecule has 1 aliphatic heterocycles. The third-order valence-corrected chi connectivity index (χ3v) is 6.52. The Hall–Kier alpha value is -3.69. The molecule has 8 nitrogen and oxygen atoms in total. The van der Waals surface area contributed by atoms with Crippen molar-refractivity contribution in [3.8, 4) is 11.5 Å². The van der Waals surface area contributed by atoms with Crippen LogP contribution in [0.3, 0.4) is 0 Å². The molecule has 1 amide bonds. The number of amides is 1. The van der Waals surface area contributed by atoms with Crippen molar-refractivity contribution < 1.29 is 22.7 Å². The van der Waals surface area contributed by atoms with Gasteiger partial charge in [-0.25, -0.2) is 18.6 Å². The molecular formula is C25H25N3O5S. The molecule has 4 rings (SSSR count). The molecule has 0 fully saturated rings. The van der Waals surface area contributed by atoms with Gasteiger partial charge in [0.25, 0.3) is 0 Å². The molecule has 3 aromatic rings. The molecule has 0 unspecified atom stereocenters. The Kier molecular flexibility index (Phi) is 7.56. The molecule has 2 N–H and O–H groups in total. The first-order chi connectivity index (χ1) is 16.5. The fourth-order valence-corrected chi connectivity index (χ4v) is 4.40. The summed E-state index contributed by atoms with van der Waals surface area (Å²) in [5.74, 6) is 0.494. The van der Waals surface area contributed by atoms with Crippen molar-refractivity contribution in [1.29, 1.82) is 0 Å². The van der Waals surface area contributed by atoms with Crippen LogP contribution < -0.4 is 19.6 Å². The molecule has 0 aliphatic carbocycles. The van der Waals surface area contributed by atoms with E-state index in [1.54, 1.807) is 6.07 Å². The average Bonchev–Trinajstić information content (AvgIpc) is 3.10. The van der Waals surface area contributed by atoms with E-state index in [9.17, 15) is 13.2 Å². The summed E-state index contributed by atoms with van der Waals surface area (Å²) in [6, 6.07) is 23.4. The minimum atomic E-state index is -3.82. The van der Waals surface area contributed by atoms with Crippen molar-refractivity contribution >= 4 is 21.6 Å². The first-order valence-electron chi connectivity index (χ1n) is 10.9. The Labute approximate surface area is 198 Å². The van der Waals surface area contributed by atoms with Crippen LogP contribution in [0.5, 0.6) is 11.5 Å². The standard InChI is InChI=1S/C25H25N3O5S/c29-24(27-28-25(19-8-3-1-4-9-19)20-10-5-2-6-11-20)14-15-26-34(30,31)21-12-13-22-23(18-21)33-17-7-16-32-22/h1-6,8-13,18,26H,7,14-17H2,(H,27,29). The molecule has 34 heavy (non-hydrogen) atoms. The van der Waals surface area contributed by atoms with E-state index in [0.717, 1.165) is 17.5 Å². The monoisotopic (exact) mass is 479 g/mol. The lowest BCUT2D eigenvalue weighted by molar-refractivity contribution is -0.120. The van der Waals surface area contributed by atoms with Crippen molar-refractivity contribution in [1.82, 2.24) is 10.1 Å². The van der Waals surface area contributed by atoms with Crippen LogP contribution in [0.15, 0.2) is 88.9 Å². The summed E-state index contributed by atoms with van der Waals surface area (Å²) in [5, 5.41) is 4.30. The summed E-state index contributed by atoms with van der Waals surface area (Å²) in [6.07, 6.45) is 0.646. The lowest BCUT2D eigenvalue weighted by atomic mass is 10.0. The molecule has 1 aliphatic rings. The SMILES string of the molecule is O=C(CCNS(=O)(=O)c1ccc2c(c1)OCCCO2)NN=C(c1ccccc1)c1ccccc1. The maximum Gasteiger partial charge on any atom is 0.241 e. The maximum atomic E-state index is 12.7. The molecule has 176 valence electrons. The minimum Gasteiger partial charge on any atom is -0.490 e. The van der Waals surface area contributed by atoms with Crippen molar-refractivity contribution in [3.63, 3.8) is 0 Å². The van der Waals surface area contributed by atoms with Gasteiger partial charge in [-0.15, -0.1) is 0 Å². The number of nitrogens with zero attached hydrogens (tertiary/aromatic N) is 1. The molecule has 0 bridgehead atoms. The Morgan fingerprint density at radius 2 is 1.47 bits per heavy atom. The van der Waals surface area contributed by atoms with E-state index >= 15 is 0 Å². The Bertz CT molecular complexity index is 1220. The zero-order valence-corrected chi connectivity index (χ0v) is 19.3. The van der Waals surface area contributed by atoms with Crippen LogP contribution in [0.4, 0.5) is 0 Å². The lowest BCUT2D eigenvalue weighted by Crippen LogP contribution is -2.29. The summed E-state index contributed by atoms with van der Waals surface area (Å²) in [5.41, 5.74) is 4.85. The van der Waals surface area contributed by atoms with Crippen LogP contribution in [0, 0.1) is 0 Å². The molecule has 0 saturated heterocycles. The number of hydrazone groups is 1. The third-order valence-electron chi connectivity index (χ3n) is 5.06. The summed E-state index contributed by atoms with van der Waals surface area (Å²) in [4.78, 5) is 12.4. The minimum absolute atomic E-state index is 0.0469. The van der Waals surface area contributed by atoms with E-state index in [-0.39, 0.29) is 17.9 Å². The van der Waals surface area contributed by atoms with Crippen LogP contribution in [0.2, 0.25) is 0 Å². The van der Waals surface area contributed by atoms with Gasteiger partial charge in [-0.3, -0.25) is 4.79 Å². The molecule has 0 atom stereocenters. The van der Waals surface area contributed by atoms with E-state index in [1.807, 2.05) is 60.7 Å². The molecule has 1 heterocycles. The predicted octanol–water partition coefficient (Wildman–Crippen LogP) is 3.09. The lowest BCUT2D eigenvalue weighted by Gasteiger charge is -2.11. The van der Waals surface area contributed by atoms with Crippen molar-refractivity contribution in [2.45, 2.75) is 17.7 Å². The molecule has 3 aromatic carbocycles. The van der Waals surface area contributed by atoms with E-state index in [4.69, 9.17) is 9.47 Å². The van der Waals surface area contributed by atoms with Crippen LogP contribution in [-0.4, -0.2) is 39.8 Å². The number of fused-ring (bicyclic) bond motifs is 1. The number of sulfonamides is 1. The van der Waals surface area contributed by atoms with Crippen LogP contribution in [0.25, 0.3) is 0 Å². The molecule has 0 spiro atoms. The zero-order chi connectivity index (χ0) is 23.8. The second-order valence-corrected chi connectivity index (χ2v) is 9.30. The van der Waals surface area contributed by atoms with Gasteiger partial charge in [-0.05, 0) is 12.1 Å². The Morgan fingerprint density at radius 1 is 0.853 bits per heavy atom. The number of benzene rings is 3. The number of carbonyl (C=O) groups excluding carboxylic acids is 1. The van der Waals surface area contributed by atoms with Gasteiger partial charge in [0.05, 0.1) is 23.8 Å². The highest BCUT2D eigenvalue weighted by atomic mass is 32.2. The average molecular weight is 480 g/mol. The first kappa shape index (κ1) is 23.5. The highest BCUT2D eigenvalue weighted by Crippen LogP contribution is 2.31. The van der Waals surface area contributed by atoms with Gasteiger partial charge in [0.15, 0.2) is 11.5 Å². The summed E-state index contributed by atoms with van der Waals surface area (Å²) >= 11 is 0. The van der Waals surface area contributed by atoms with Gasteiger partial charge >= 0.3 is 0 Å². The second kappa shape index (κ2) is 11.0. The zero-order valence-electron chi connectivity index (χ0n) is 18.4. The smallest absolute Gasteiger partial charge is 0.241 e. The number of hydrogen-bond donors (Lipinski definition) is 2. The van der Waals surface area contributed by atoms with Gasteiger partial charge in [-0.1, -0.05) is 60.7 Å². The number of carbonyl (C=O) groups is 1. The normalized spacial score (nSPS) is 12.9. The second-order valence-electron chi connectivity index (χ2n) is 7.53. The van der Waals surface area contributed by atoms with Crippen molar-refractivity contribution in [2.24, 2.45) is 5.10 Å². The highest BCUT2D eigenvalue weighted by Gasteiger charge is 2.19. The van der Waals surface area contributed by atoms with Crippen LogP contribution >= 0.6 is 0 Å². The van der Waals surface area contributed by atoms with E-state index < -0.39 is 15.9 Å². The van der Waals surface area contributed by atoms with Gasteiger partial charge < -0.3 is 9.47 Å². The third kappa shape index (κ3) is 6.00. The van der Waals surface area contributed by atoms with E-state index in [2.05, 4.69) is 15.2 Å². The molecule has 0 aromatic heterocycles. The molecular weight excluding hydrogens is 454 g/mol. The Balaban J connectivity index is 1.38. The van der Waals surface area contributed by atoms with Crippen molar-refractivity contribution in [2.75, 3.05) is 19.8 Å². The van der Waals surface area contributed by atoms with Gasteiger partial charge in [-0.2, -0.15) is 5.10 Å². The van der Waals surface area contributed by atoms with Gasteiger partial charge in [0, 0.05) is 36.6 Å². The first-order valence-corrected chi connectivity index (χ1v) is 12.4. The van der Waals surface area contributed by atoms with Gasteiger partial charge in [0.2, 0.25) is 15.9 Å². The molecule has 9 heteroatoms. The number of rotatable bonds is 8. The summed E-state index contributed by atoms with van der Waals surface area (Å²) in [7, 11) is -3.82. The number of nitrogens with one attached hydrogen (secondary N) is 2. The fourth-order valence-electron chi connectivity index (χ4n) is 3.35. The van der Waals surface area contributed by atoms with E-state index in [1.165, 1.54) is 12.1 Å². The quantitative estimate of drug-likeness (QED) is 0.382. The van der Waals surface area contributed by atoms with Crippen LogP contribution in [-0.2, 0) is 14.8 Å². The van der Waals surface area contributed by atoms with E-state index in [0.29, 0.717) is 30.4 Å². The highest BCUT2D eigenvalue weighted by molar-refractivity contribution is 7.89. The fraction of sp³-hybridized carbons (Fsp3) is 0.200. The Morgan fingerprint density at radius 3 is 2.12 bits per heavy atom. The number of hydrogen-bond acceptors (Lipinski definition) is 6. The topological polar surface area (TPSA) is 106 Å². The predicted molar refractivity (Wildman–Crippen MR) is 129 cm³/mol. The maximum absolute atomic E-state index is 12.7. The van der Waals surface area contributed by atoms with Gasteiger partial charge in [0.1, 0.15) is 0 Å². The largest absolute Gasteiger partial charge is 0.490 e. The summed E-state index contributed by atoms with van der Waals surface area (Å²) < 4.78 is 38.8. The van der Waals surface area contributed by atoms with Crippen molar-refractivity contribution in [3.05, 3.63) is 90.0 Å². The summed E-state index contributed by atoms with van der Waals surface area (Å²) in [6.45, 7) is 0.897. The molecule has 0 saturated carbocycles. The molecule has 0 radical (unpaired) electrons. The van der Waals surface area contributed by atoms with Crippen LogP contribution in [0.1, 0.15) is 24.0 Å². The number of ether oxygens (including phenoxy) is 2.